The van der Waals surface area contributed by atoms with Gasteiger partial charge in [0.2, 0.25) is 0 Å². The van der Waals surface area contributed by atoms with Gasteiger partial charge in [-0.15, -0.1) is 0 Å². The lowest BCUT2D eigenvalue weighted by molar-refractivity contribution is -0.140. The molecule has 0 spiro atoms. The van der Waals surface area contributed by atoms with E-state index in [4.69, 9.17) is 0 Å². The molecule has 1 unspecified atom stereocenters. The third kappa shape index (κ3) is 3.84. The summed E-state index contributed by atoms with van der Waals surface area (Å²) < 4.78 is 40.8. The molecule has 3 aromatic rings. The second-order valence-electron chi connectivity index (χ2n) is 6.23. The van der Waals surface area contributed by atoms with Crippen molar-refractivity contribution < 1.29 is 27.9 Å². The Hall–Kier alpha value is -2.94. The molecule has 1 aromatic heterocycles. The third-order valence-corrected chi connectivity index (χ3v) is 5.23. The monoisotopic (exact) mass is 408 g/mol. The number of rotatable bonds is 3. The highest BCUT2D eigenvalue weighted by Crippen LogP contribution is 2.32. The van der Waals surface area contributed by atoms with Gasteiger partial charge < -0.3 is 9.67 Å². The number of hydrogen-bond acceptors (Lipinski definition) is 3. The highest BCUT2D eigenvalue weighted by Gasteiger charge is 2.31. The van der Waals surface area contributed by atoms with Gasteiger partial charge in [-0.1, -0.05) is 29.0 Å². The van der Waals surface area contributed by atoms with E-state index in [2.05, 4.69) is 4.99 Å². The van der Waals surface area contributed by atoms with E-state index in [0.29, 0.717) is 10.3 Å². The maximum Gasteiger partial charge on any atom is 0.416 e. The molecule has 0 saturated carbocycles. The molecule has 2 aromatic carbocycles. The average Bonchev–Trinajstić information content (AvgIpc) is 2.97. The highest BCUT2D eigenvalue weighted by atomic mass is 32.1. The van der Waals surface area contributed by atoms with Crippen molar-refractivity contribution >= 4 is 33.4 Å². The van der Waals surface area contributed by atoms with Crippen LogP contribution in [-0.2, 0) is 11.0 Å². The maximum atomic E-state index is 13.1. The minimum absolute atomic E-state index is 0.0230. The summed E-state index contributed by atoms with van der Waals surface area (Å²) in [6.45, 7) is 3.18. The fraction of sp³-hybridized carbons (Fsp3) is 0.211. The number of carboxylic acid groups (broad SMARTS) is 1. The molecule has 5 nitrogen and oxygen atoms in total. The molecule has 146 valence electrons. The molecule has 9 heteroatoms. The van der Waals surface area contributed by atoms with Crippen LogP contribution >= 0.6 is 11.3 Å². The fourth-order valence-electron chi connectivity index (χ4n) is 2.63. The van der Waals surface area contributed by atoms with Crippen molar-refractivity contribution in [2.45, 2.75) is 26.1 Å². The number of carbonyl (C=O) groups is 2. The Morgan fingerprint density at radius 1 is 1.14 bits per heavy atom. The molecule has 1 atom stereocenters. The van der Waals surface area contributed by atoms with Gasteiger partial charge in [0.1, 0.15) is 6.04 Å². The molecular weight excluding hydrogens is 393 g/mol. The van der Waals surface area contributed by atoms with Gasteiger partial charge in [0.15, 0.2) is 4.80 Å². The Morgan fingerprint density at radius 3 is 2.36 bits per heavy atom. The van der Waals surface area contributed by atoms with Crippen molar-refractivity contribution in [1.82, 2.24) is 4.57 Å². The van der Waals surface area contributed by atoms with Gasteiger partial charge in [-0.3, -0.25) is 4.79 Å². The first-order valence-electron chi connectivity index (χ1n) is 8.19. The lowest BCUT2D eigenvalue weighted by atomic mass is 10.1. The number of benzene rings is 2. The number of nitrogens with zero attached hydrogens (tertiary/aromatic N) is 2. The van der Waals surface area contributed by atoms with Gasteiger partial charge >= 0.3 is 12.1 Å². The van der Waals surface area contributed by atoms with Gasteiger partial charge in [0, 0.05) is 5.56 Å². The van der Waals surface area contributed by atoms with Crippen LogP contribution in [0.4, 0.5) is 13.2 Å². The number of carbonyl (C=O) groups excluding carboxylic acids is 1. The minimum Gasteiger partial charge on any atom is -0.480 e. The van der Waals surface area contributed by atoms with E-state index in [1.54, 1.807) is 24.3 Å². The normalized spacial score (nSPS) is 13.7. The molecule has 0 radical (unpaired) electrons. The van der Waals surface area contributed by atoms with E-state index >= 15 is 0 Å². The van der Waals surface area contributed by atoms with E-state index in [1.807, 2.05) is 6.92 Å². The molecule has 1 N–H and O–H groups in total. The topological polar surface area (TPSA) is 71.7 Å². The Labute approximate surface area is 161 Å². The number of fused-ring (bicyclic) bond motifs is 1. The molecule has 0 aliphatic carbocycles. The number of halogens is 3. The van der Waals surface area contributed by atoms with Crippen LogP contribution in [0, 0.1) is 6.92 Å². The van der Waals surface area contributed by atoms with Crippen LogP contribution < -0.4 is 4.80 Å². The average molecular weight is 408 g/mol. The second kappa shape index (κ2) is 7.23. The predicted molar refractivity (Wildman–Crippen MR) is 98.2 cm³/mol. The summed E-state index contributed by atoms with van der Waals surface area (Å²) in [5.74, 6) is -1.85. The van der Waals surface area contributed by atoms with Crippen molar-refractivity contribution in [3.63, 3.8) is 0 Å². The van der Waals surface area contributed by atoms with E-state index in [0.717, 1.165) is 33.6 Å². The Morgan fingerprint density at radius 2 is 1.79 bits per heavy atom. The number of alkyl halides is 3. The maximum absolute atomic E-state index is 13.1. The first kappa shape index (κ1) is 19.8. The summed E-state index contributed by atoms with van der Waals surface area (Å²) in [6, 6.07) is 8.47. The van der Waals surface area contributed by atoms with Crippen molar-refractivity contribution in [1.29, 1.82) is 0 Å². The zero-order valence-corrected chi connectivity index (χ0v) is 15.6. The number of thiazole rings is 1. The van der Waals surface area contributed by atoms with Crippen molar-refractivity contribution in [2.24, 2.45) is 4.99 Å². The van der Waals surface area contributed by atoms with E-state index in [-0.39, 0.29) is 10.3 Å². The summed E-state index contributed by atoms with van der Waals surface area (Å²) in [4.78, 5) is 28.0. The number of aliphatic carboxylic acids is 1. The number of carboxylic acids is 1. The van der Waals surface area contributed by atoms with Crippen LogP contribution in [0.3, 0.4) is 0 Å². The van der Waals surface area contributed by atoms with Crippen molar-refractivity contribution in [3.05, 3.63) is 64.0 Å². The van der Waals surface area contributed by atoms with Gasteiger partial charge in [-0.05, 0) is 44.2 Å². The summed E-state index contributed by atoms with van der Waals surface area (Å²) in [6.07, 6.45) is -4.57. The minimum atomic E-state index is -4.57. The third-order valence-electron chi connectivity index (χ3n) is 4.19. The van der Waals surface area contributed by atoms with Gasteiger partial charge in [0.25, 0.3) is 5.91 Å². The lowest BCUT2D eigenvalue weighted by Gasteiger charge is -2.12. The van der Waals surface area contributed by atoms with E-state index < -0.39 is 29.7 Å². The highest BCUT2D eigenvalue weighted by molar-refractivity contribution is 7.16. The number of aromatic nitrogens is 1. The first-order valence-corrected chi connectivity index (χ1v) is 9.00. The van der Waals surface area contributed by atoms with Crippen LogP contribution in [0.1, 0.15) is 34.5 Å². The van der Waals surface area contributed by atoms with Crippen LogP contribution in [-0.4, -0.2) is 21.6 Å². The Balaban J connectivity index is 2.23. The van der Waals surface area contributed by atoms with Crippen molar-refractivity contribution in [3.8, 4) is 0 Å². The van der Waals surface area contributed by atoms with Crippen LogP contribution in [0.2, 0.25) is 0 Å². The number of hydrogen-bond donors (Lipinski definition) is 1. The fourth-order valence-corrected chi connectivity index (χ4v) is 3.71. The Kier molecular flexibility index (Phi) is 5.12. The summed E-state index contributed by atoms with van der Waals surface area (Å²) in [7, 11) is 0. The molecule has 3 rings (SSSR count). The molecule has 1 heterocycles. The van der Waals surface area contributed by atoms with Crippen LogP contribution in [0.5, 0.6) is 0 Å². The second-order valence-corrected chi connectivity index (χ2v) is 7.24. The van der Waals surface area contributed by atoms with E-state index in [1.165, 1.54) is 13.0 Å². The van der Waals surface area contributed by atoms with Crippen molar-refractivity contribution in [2.75, 3.05) is 0 Å². The summed E-state index contributed by atoms with van der Waals surface area (Å²) >= 11 is 0.960. The molecular formula is C19H15F3N2O3S. The zero-order chi connectivity index (χ0) is 20.6. The molecule has 0 aliphatic heterocycles. The standard InChI is InChI=1S/C19H15F3N2O3S/c1-10-3-5-12(6-4-10)16(25)23-18-24(11(2)17(26)27)14-9-13(19(20,21)22)7-8-15(14)28-18/h3-9,11H,1-2H3,(H,26,27). The van der Waals surface area contributed by atoms with Crippen LogP contribution in [0.25, 0.3) is 10.2 Å². The largest absolute Gasteiger partial charge is 0.480 e. The molecule has 0 saturated heterocycles. The number of amides is 1. The summed E-state index contributed by atoms with van der Waals surface area (Å²) in [5.41, 5.74) is 0.409. The molecule has 28 heavy (non-hydrogen) atoms. The first-order chi connectivity index (χ1) is 13.1. The molecule has 0 aliphatic rings. The quantitative estimate of drug-likeness (QED) is 0.698. The summed E-state index contributed by atoms with van der Waals surface area (Å²) in [5, 5.41) is 9.38. The SMILES string of the molecule is Cc1ccc(C(=O)N=c2sc3ccc(C(F)(F)F)cc3n2C(C)C(=O)O)cc1. The predicted octanol–water partition coefficient (Wildman–Crippen LogP) is 4.42. The van der Waals surface area contributed by atoms with Gasteiger partial charge in [0.05, 0.1) is 15.8 Å². The van der Waals surface area contributed by atoms with Gasteiger partial charge in [-0.25, -0.2) is 4.79 Å². The van der Waals surface area contributed by atoms with Gasteiger partial charge in [-0.2, -0.15) is 18.2 Å². The smallest absolute Gasteiger partial charge is 0.416 e. The lowest BCUT2D eigenvalue weighted by Crippen LogP contribution is -2.25. The van der Waals surface area contributed by atoms with Crippen LogP contribution in [0.15, 0.2) is 47.5 Å². The number of aryl methyl sites for hydroxylation is 1. The molecule has 0 bridgehead atoms. The molecule has 0 fully saturated rings. The van der Waals surface area contributed by atoms with E-state index in [9.17, 15) is 27.9 Å². The molecule has 1 amide bonds. The Bertz CT molecular complexity index is 1130. The zero-order valence-electron chi connectivity index (χ0n) is 14.8.